The Labute approximate surface area is 181 Å². The van der Waals surface area contributed by atoms with Gasteiger partial charge in [-0.2, -0.15) is 0 Å². The molecule has 1 N–H and O–H groups in total. The molecule has 0 aliphatic heterocycles. The standard InChI is InChI=1S/C15H27BrN4O2S2.HI/c1-5-17-15(19(4)12-13-8-9-14(16)23-13)18-10-11-24(21,22)20(6-2)7-3;/h8-9H,5-7,10-12H2,1-4H3,(H,17,18);1H. The Morgan fingerprint density at radius 1 is 1.28 bits per heavy atom. The molecular weight excluding hydrogens is 539 g/mol. The van der Waals surface area contributed by atoms with E-state index >= 15 is 0 Å². The molecule has 1 rings (SSSR count). The summed E-state index contributed by atoms with van der Waals surface area (Å²) in [6, 6.07) is 4.09. The molecule has 0 saturated carbocycles. The zero-order valence-corrected chi connectivity index (χ0v) is 20.7. The van der Waals surface area contributed by atoms with Crippen LogP contribution in [-0.2, 0) is 16.6 Å². The predicted octanol–water partition coefficient (Wildman–Crippen LogP) is 3.20. The lowest BCUT2D eigenvalue weighted by molar-refractivity contribution is 0.445. The van der Waals surface area contributed by atoms with Crippen LogP contribution in [0.1, 0.15) is 25.6 Å². The van der Waals surface area contributed by atoms with Crippen molar-refractivity contribution in [3.63, 3.8) is 0 Å². The summed E-state index contributed by atoms with van der Waals surface area (Å²) in [5, 5.41) is 3.21. The van der Waals surface area contributed by atoms with E-state index in [0.29, 0.717) is 13.1 Å². The van der Waals surface area contributed by atoms with E-state index in [2.05, 4.69) is 32.3 Å². The summed E-state index contributed by atoms with van der Waals surface area (Å²) in [7, 11) is -1.29. The molecule has 6 nitrogen and oxygen atoms in total. The molecule has 0 amide bonds. The third kappa shape index (κ3) is 8.55. The molecule has 0 bridgehead atoms. The maximum atomic E-state index is 12.2. The molecule has 0 aliphatic rings. The van der Waals surface area contributed by atoms with E-state index in [1.165, 1.54) is 9.18 Å². The molecule has 146 valence electrons. The van der Waals surface area contributed by atoms with Crippen molar-refractivity contribution in [3.05, 3.63) is 20.8 Å². The first kappa shape index (κ1) is 25.1. The molecule has 10 heteroatoms. The van der Waals surface area contributed by atoms with Crippen molar-refractivity contribution in [1.82, 2.24) is 14.5 Å². The lowest BCUT2D eigenvalue weighted by Gasteiger charge is -2.22. The second-order valence-electron chi connectivity index (χ2n) is 5.20. The van der Waals surface area contributed by atoms with Crippen molar-refractivity contribution >= 4 is 67.2 Å². The zero-order valence-electron chi connectivity index (χ0n) is 15.2. The zero-order chi connectivity index (χ0) is 18.2. The Morgan fingerprint density at radius 3 is 2.40 bits per heavy atom. The fraction of sp³-hybridized carbons (Fsp3) is 0.667. The summed E-state index contributed by atoms with van der Waals surface area (Å²) in [5.74, 6) is 0.749. The molecule has 25 heavy (non-hydrogen) atoms. The van der Waals surface area contributed by atoms with Crippen LogP contribution in [-0.4, -0.2) is 62.6 Å². The highest BCUT2D eigenvalue weighted by atomic mass is 127. The Bertz CT molecular complexity index is 633. The van der Waals surface area contributed by atoms with Crippen LogP contribution in [0.15, 0.2) is 20.9 Å². The Balaban J connectivity index is 0.00000576. The number of nitrogens with zero attached hydrogens (tertiary/aromatic N) is 3. The average molecular weight is 567 g/mol. The largest absolute Gasteiger partial charge is 0.357 e. The van der Waals surface area contributed by atoms with E-state index < -0.39 is 10.0 Å². The molecule has 0 atom stereocenters. The van der Waals surface area contributed by atoms with Gasteiger partial charge in [0.1, 0.15) is 0 Å². The van der Waals surface area contributed by atoms with Gasteiger partial charge in [0.05, 0.1) is 22.6 Å². The quantitative estimate of drug-likeness (QED) is 0.283. The highest BCUT2D eigenvalue weighted by Gasteiger charge is 2.18. The van der Waals surface area contributed by atoms with Gasteiger partial charge in [0.2, 0.25) is 10.0 Å². The number of rotatable bonds is 9. The van der Waals surface area contributed by atoms with Gasteiger partial charge in [0.15, 0.2) is 5.96 Å². The number of hydrogen-bond donors (Lipinski definition) is 1. The number of aliphatic imine (C=N–C) groups is 1. The lowest BCUT2D eigenvalue weighted by Crippen LogP contribution is -2.39. The smallest absolute Gasteiger partial charge is 0.215 e. The van der Waals surface area contributed by atoms with Crippen LogP contribution in [0.5, 0.6) is 0 Å². The first-order valence-electron chi connectivity index (χ1n) is 8.05. The second kappa shape index (κ2) is 12.5. The van der Waals surface area contributed by atoms with E-state index in [1.54, 1.807) is 11.3 Å². The first-order valence-corrected chi connectivity index (χ1v) is 11.3. The maximum absolute atomic E-state index is 12.2. The number of guanidine groups is 1. The first-order chi connectivity index (χ1) is 11.3. The monoisotopic (exact) mass is 566 g/mol. The van der Waals surface area contributed by atoms with Crippen LogP contribution < -0.4 is 5.32 Å². The van der Waals surface area contributed by atoms with E-state index in [9.17, 15) is 8.42 Å². The van der Waals surface area contributed by atoms with Crippen molar-refractivity contribution in [2.24, 2.45) is 4.99 Å². The molecule has 0 unspecified atom stereocenters. The van der Waals surface area contributed by atoms with E-state index in [-0.39, 0.29) is 36.3 Å². The van der Waals surface area contributed by atoms with Gasteiger partial charge < -0.3 is 10.2 Å². The summed E-state index contributed by atoms with van der Waals surface area (Å²) >= 11 is 5.14. The minimum Gasteiger partial charge on any atom is -0.357 e. The number of thiophene rings is 1. The summed E-state index contributed by atoms with van der Waals surface area (Å²) in [5.41, 5.74) is 0. The second-order valence-corrected chi connectivity index (χ2v) is 9.83. The van der Waals surface area contributed by atoms with Crippen molar-refractivity contribution in [2.45, 2.75) is 27.3 Å². The molecule has 1 heterocycles. The van der Waals surface area contributed by atoms with E-state index in [1.807, 2.05) is 38.8 Å². The van der Waals surface area contributed by atoms with Gasteiger partial charge in [-0.05, 0) is 35.0 Å². The van der Waals surface area contributed by atoms with E-state index in [4.69, 9.17) is 0 Å². The van der Waals surface area contributed by atoms with Gasteiger partial charge >= 0.3 is 0 Å². The van der Waals surface area contributed by atoms with Gasteiger partial charge in [0.25, 0.3) is 0 Å². The third-order valence-electron chi connectivity index (χ3n) is 3.43. The van der Waals surface area contributed by atoms with E-state index in [0.717, 1.165) is 22.8 Å². The van der Waals surface area contributed by atoms with Crippen LogP contribution in [0.3, 0.4) is 0 Å². The molecule has 0 fully saturated rings. The molecule has 0 spiro atoms. The number of halogens is 2. The highest BCUT2D eigenvalue weighted by molar-refractivity contribution is 14.0. The van der Waals surface area contributed by atoms with Gasteiger partial charge in [-0.1, -0.05) is 13.8 Å². The van der Waals surface area contributed by atoms with Crippen LogP contribution in [0.2, 0.25) is 0 Å². The van der Waals surface area contributed by atoms with Crippen LogP contribution in [0, 0.1) is 0 Å². The molecule has 0 radical (unpaired) electrons. The Hall–Kier alpha value is 0.0900. The molecule has 0 aliphatic carbocycles. The normalized spacial score (nSPS) is 12.2. The number of sulfonamides is 1. The molecule has 0 aromatic carbocycles. The van der Waals surface area contributed by atoms with Crippen LogP contribution in [0.4, 0.5) is 0 Å². The van der Waals surface area contributed by atoms with Crippen molar-refractivity contribution in [3.8, 4) is 0 Å². The third-order valence-corrected chi connectivity index (χ3v) is 7.04. The Kier molecular flexibility index (Phi) is 12.5. The maximum Gasteiger partial charge on any atom is 0.215 e. The molecule has 1 aromatic heterocycles. The molecular formula is C15H28BrIN4O2S2. The van der Waals surface area contributed by atoms with Crippen LogP contribution >= 0.6 is 51.2 Å². The molecule has 0 saturated heterocycles. The topological polar surface area (TPSA) is 65.0 Å². The van der Waals surface area contributed by atoms with Gasteiger partial charge in [-0.25, -0.2) is 12.7 Å². The minimum absolute atomic E-state index is 0. The summed E-state index contributed by atoms with van der Waals surface area (Å²) in [6.07, 6.45) is 0. The lowest BCUT2D eigenvalue weighted by atomic mass is 10.4. The number of hydrogen-bond acceptors (Lipinski definition) is 4. The summed E-state index contributed by atoms with van der Waals surface area (Å²) in [4.78, 5) is 7.69. The number of nitrogens with one attached hydrogen (secondary N) is 1. The average Bonchev–Trinajstić information content (AvgIpc) is 2.92. The van der Waals surface area contributed by atoms with Crippen molar-refractivity contribution < 1.29 is 8.42 Å². The predicted molar refractivity (Wildman–Crippen MR) is 122 cm³/mol. The molecule has 1 aromatic rings. The minimum atomic E-state index is -3.24. The fourth-order valence-corrected chi connectivity index (χ4v) is 5.13. The summed E-state index contributed by atoms with van der Waals surface area (Å²) in [6.45, 7) is 8.40. The highest BCUT2D eigenvalue weighted by Crippen LogP contribution is 2.22. The van der Waals surface area contributed by atoms with Gasteiger partial charge in [0, 0.05) is 31.6 Å². The Morgan fingerprint density at radius 2 is 1.92 bits per heavy atom. The van der Waals surface area contributed by atoms with Crippen molar-refractivity contribution in [2.75, 3.05) is 39.0 Å². The van der Waals surface area contributed by atoms with Crippen molar-refractivity contribution in [1.29, 1.82) is 0 Å². The fourth-order valence-electron chi connectivity index (χ4n) is 2.23. The summed E-state index contributed by atoms with van der Waals surface area (Å²) < 4.78 is 27.0. The SMILES string of the molecule is CCNC(=NCCS(=O)(=O)N(CC)CC)N(C)Cc1ccc(Br)s1.I. The van der Waals surface area contributed by atoms with Gasteiger partial charge in [-0.3, -0.25) is 4.99 Å². The van der Waals surface area contributed by atoms with Gasteiger partial charge in [-0.15, -0.1) is 35.3 Å². The van der Waals surface area contributed by atoms with Crippen LogP contribution in [0.25, 0.3) is 0 Å².